The van der Waals surface area contributed by atoms with E-state index < -0.39 is 6.10 Å². The Labute approximate surface area is 93.5 Å². The molecule has 1 unspecified atom stereocenters. The lowest BCUT2D eigenvalue weighted by Crippen LogP contribution is -2.33. The van der Waals surface area contributed by atoms with Gasteiger partial charge in [0.15, 0.2) is 11.9 Å². The number of halogens is 1. The second-order valence-corrected chi connectivity index (χ2v) is 3.45. The minimum Gasteiger partial charge on any atom is -0.482 e. The minimum atomic E-state index is -0.505. The van der Waals surface area contributed by atoms with Crippen molar-refractivity contribution < 1.29 is 14.3 Å². The van der Waals surface area contributed by atoms with Crippen LogP contribution in [0.15, 0.2) is 23.4 Å². The first-order valence-electron chi connectivity index (χ1n) is 4.98. The van der Waals surface area contributed by atoms with Gasteiger partial charge in [-0.25, -0.2) is 4.39 Å². The Morgan fingerprint density at radius 1 is 1.62 bits per heavy atom. The van der Waals surface area contributed by atoms with Gasteiger partial charge in [-0.1, -0.05) is 12.1 Å². The first kappa shape index (κ1) is 12.3. The summed E-state index contributed by atoms with van der Waals surface area (Å²) >= 11 is 0. The number of benzene rings is 1. The highest BCUT2D eigenvalue weighted by molar-refractivity contribution is 5.84. The van der Waals surface area contributed by atoms with Gasteiger partial charge in [0.2, 0.25) is 0 Å². The zero-order valence-corrected chi connectivity index (χ0v) is 9.27. The second-order valence-electron chi connectivity index (χ2n) is 3.45. The lowest BCUT2D eigenvalue weighted by atomic mass is 10.2. The van der Waals surface area contributed by atoms with E-state index in [2.05, 4.69) is 5.16 Å². The second kappa shape index (κ2) is 5.34. The van der Waals surface area contributed by atoms with Gasteiger partial charge in [0.05, 0.1) is 0 Å². The Balaban J connectivity index is 2.82. The van der Waals surface area contributed by atoms with E-state index in [0.717, 1.165) is 0 Å². The molecule has 1 aromatic rings. The van der Waals surface area contributed by atoms with Crippen molar-refractivity contribution in [2.45, 2.75) is 26.4 Å². The molecule has 5 heteroatoms. The summed E-state index contributed by atoms with van der Waals surface area (Å²) in [5.74, 6) is 0.214. The summed E-state index contributed by atoms with van der Waals surface area (Å²) < 4.78 is 18.5. The molecule has 0 aliphatic rings. The molecule has 0 aliphatic carbocycles. The maximum absolute atomic E-state index is 13.0. The Hall–Kier alpha value is -1.78. The molecule has 88 valence electrons. The lowest BCUT2D eigenvalue weighted by Gasteiger charge is -2.16. The number of hydrogen-bond acceptors (Lipinski definition) is 3. The highest BCUT2D eigenvalue weighted by Crippen LogP contribution is 2.18. The molecule has 3 N–H and O–H groups in total. The molecule has 4 nitrogen and oxygen atoms in total. The van der Waals surface area contributed by atoms with Crippen molar-refractivity contribution in [1.82, 2.24) is 0 Å². The molecule has 0 heterocycles. The van der Waals surface area contributed by atoms with E-state index in [4.69, 9.17) is 15.7 Å². The van der Waals surface area contributed by atoms with Gasteiger partial charge in [0.25, 0.3) is 0 Å². The molecule has 0 fully saturated rings. The van der Waals surface area contributed by atoms with Crippen LogP contribution in [-0.4, -0.2) is 17.1 Å². The number of rotatable bonds is 4. The van der Waals surface area contributed by atoms with Crippen molar-refractivity contribution in [1.29, 1.82) is 0 Å². The summed E-state index contributed by atoms with van der Waals surface area (Å²) in [6.07, 6.45) is 0.0571. The number of amidine groups is 1. The molecular weight excluding hydrogens is 211 g/mol. The van der Waals surface area contributed by atoms with Crippen molar-refractivity contribution in [2.75, 3.05) is 0 Å². The molecule has 1 atom stereocenters. The van der Waals surface area contributed by atoms with E-state index in [1.54, 1.807) is 13.0 Å². The van der Waals surface area contributed by atoms with Crippen LogP contribution in [0.4, 0.5) is 4.39 Å². The van der Waals surface area contributed by atoms with Gasteiger partial charge in [-0.3, -0.25) is 0 Å². The van der Waals surface area contributed by atoms with Crippen molar-refractivity contribution in [3.63, 3.8) is 0 Å². The smallest absolute Gasteiger partial charge is 0.180 e. The zero-order valence-electron chi connectivity index (χ0n) is 9.27. The van der Waals surface area contributed by atoms with Gasteiger partial charge in [-0.05, 0) is 37.1 Å². The fourth-order valence-electron chi connectivity index (χ4n) is 1.27. The molecule has 0 saturated carbocycles. The van der Waals surface area contributed by atoms with Crippen LogP contribution in [0.25, 0.3) is 0 Å². The highest BCUT2D eigenvalue weighted by atomic mass is 19.1. The third kappa shape index (κ3) is 2.85. The topological polar surface area (TPSA) is 67.8 Å². The van der Waals surface area contributed by atoms with Crippen LogP contribution < -0.4 is 10.5 Å². The van der Waals surface area contributed by atoms with Gasteiger partial charge in [-0.2, -0.15) is 0 Å². The molecule has 0 aliphatic heterocycles. The van der Waals surface area contributed by atoms with Crippen molar-refractivity contribution in [3.05, 3.63) is 29.6 Å². The molecule has 1 aromatic carbocycles. The molecule has 0 bridgehead atoms. The predicted molar refractivity (Wildman–Crippen MR) is 59.3 cm³/mol. The number of nitrogens with zero attached hydrogens (tertiary/aromatic N) is 1. The van der Waals surface area contributed by atoms with Gasteiger partial charge in [0.1, 0.15) is 11.6 Å². The number of hydrogen-bond donors (Lipinski definition) is 2. The lowest BCUT2D eigenvalue weighted by molar-refractivity contribution is 0.246. The Morgan fingerprint density at radius 2 is 2.31 bits per heavy atom. The van der Waals surface area contributed by atoms with Crippen molar-refractivity contribution in [3.8, 4) is 5.75 Å². The van der Waals surface area contributed by atoms with Crippen LogP contribution in [0.1, 0.15) is 18.9 Å². The van der Waals surface area contributed by atoms with Crippen LogP contribution in [0, 0.1) is 12.7 Å². The normalized spacial score (nSPS) is 13.6. The van der Waals surface area contributed by atoms with Crippen LogP contribution in [0.3, 0.4) is 0 Å². The fraction of sp³-hybridized carbons (Fsp3) is 0.364. The quantitative estimate of drug-likeness (QED) is 0.357. The zero-order chi connectivity index (χ0) is 12.1. The Kier molecular flexibility index (Phi) is 4.10. The number of nitrogens with two attached hydrogens (primary N) is 1. The van der Waals surface area contributed by atoms with Gasteiger partial charge >= 0.3 is 0 Å². The van der Waals surface area contributed by atoms with Gasteiger partial charge in [0, 0.05) is 0 Å². The molecule has 1 rings (SSSR count). The van der Waals surface area contributed by atoms with Gasteiger partial charge in [-0.15, -0.1) is 0 Å². The largest absolute Gasteiger partial charge is 0.482 e. The summed E-state index contributed by atoms with van der Waals surface area (Å²) in [6, 6.07) is 4.40. The van der Waals surface area contributed by atoms with Gasteiger partial charge < -0.3 is 15.7 Å². The molecule has 16 heavy (non-hydrogen) atoms. The summed E-state index contributed by atoms with van der Waals surface area (Å²) in [5.41, 5.74) is 5.94. The molecule has 0 radical (unpaired) electrons. The molecule has 0 saturated heterocycles. The maximum atomic E-state index is 13.0. The van der Waals surface area contributed by atoms with E-state index in [1.165, 1.54) is 12.1 Å². The summed E-state index contributed by atoms with van der Waals surface area (Å²) in [6.45, 7) is 3.49. The standard InChI is InChI=1S/C11H15FN2O2/c1-3-10(11(13)14-15)16-8-4-5-9(12)7(2)6-8/h4-6,10,15H,3H2,1-2H3,(H2,13,14). The SMILES string of the molecule is CCC(Oc1ccc(F)c(C)c1)/C(N)=N/O. The minimum absolute atomic E-state index is 0.00415. The molecule has 0 spiro atoms. The summed E-state index contributed by atoms with van der Waals surface area (Å²) in [5, 5.41) is 11.4. The van der Waals surface area contributed by atoms with Crippen LogP contribution in [-0.2, 0) is 0 Å². The number of aryl methyl sites for hydroxylation is 1. The molecule has 0 aromatic heterocycles. The van der Waals surface area contributed by atoms with E-state index in [9.17, 15) is 4.39 Å². The number of ether oxygens (including phenoxy) is 1. The maximum Gasteiger partial charge on any atom is 0.180 e. The first-order valence-corrected chi connectivity index (χ1v) is 4.98. The monoisotopic (exact) mass is 226 g/mol. The third-order valence-electron chi connectivity index (χ3n) is 2.22. The summed E-state index contributed by atoms with van der Waals surface area (Å²) in [7, 11) is 0. The van der Waals surface area contributed by atoms with E-state index in [-0.39, 0.29) is 11.7 Å². The van der Waals surface area contributed by atoms with E-state index >= 15 is 0 Å². The fourth-order valence-corrected chi connectivity index (χ4v) is 1.27. The van der Waals surface area contributed by atoms with Crippen LogP contribution in [0.2, 0.25) is 0 Å². The molecular formula is C11H15FN2O2. The average Bonchev–Trinajstić information content (AvgIpc) is 2.29. The predicted octanol–water partition coefficient (Wildman–Crippen LogP) is 2.04. The Bertz CT molecular complexity index is 394. The Morgan fingerprint density at radius 3 is 2.81 bits per heavy atom. The van der Waals surface area contributed by atoms with Crippen molar-refractivity contribution >= 4 is 5.84 Å². The molecule has 0 amide bonds. The number of oxime groups is 1. The van der Waals surface area contributed by atoms with E-state index in [0.29, 0.717) is 17.7 Å². The van der Waals surface area contributed by atoms with E-state index in [1.807, 2.05) is 6.92 Å². The van der Waals surface area contributed by atoms with Crippen molar-refractivity contribution in [2.24, 2.45) is 10.9 Å². The summed E-state index contributed by atoms with van der Waals surface area (Å²) in [4.78, 5) is 0. The first-order chi connectivity index (χ1) is 7.58. The average molecular weight is 226 g/mol. The van der Waals surface area contributed by atoms with Crippen LogP contribution >= 0.6 is 0 Å². The van der Waals surface area contributed by atoms with Crippen LogP contribution in [0.5, 0.6) is 5.75 Å². The highest BCUT2D eigenvalue weighted by Gasteiger charge is 2.13. The third-order valence-corrected chi connectivity index (χ3v) is 2.22.